The van der Waals surface area contributed by atoms with Crippen molar-refractivity contribution in [3.8, 4) is 11.5 Å². The van der Waals surface area contributed by atoms with Gasteiger partial charge in [-0.3, -0.25) is 9.88 Å². The van der Waals surface area contributed by atoms with E-state index in [1.807, 2.05) is 47.4 Å². The van der Waals surface area contributed by atoms with Gasteiger partial charge in [-0.1, -0.05) is 24.3 Å². The number of ether oxygens (including phenoxy) is 2. The van der Waals surface area contributed by atoms with Crippen LogP contribution < -0.4 is 14.8 Å². The molecule has 7 heteroatoms. The van der Waals surface area contributed by atoms with Crippen molar-refractivity contribution < 1.29 is 14.3 Å². The van der Waals surface area contributed by atoms with Crippen LogP contribution in [-0.4, -0.2) is 53.8 Å². The zero-order valence-electron chi connectivity index (χ0n) is 16.0. The zero-order chi connectivity index (χ0) is 19.6. The highest BCUT2D eigenvalue weighted by molar-refractivity contribution is 5.99. The number of para-hydroxylation sites is 1. The highest BCUT2D eigenvalue weighted by atomic mass is 16.7. The molecule has 3 heterocycles. The number of nitrogens with zero attached hydrogens (tertiary/aromatic N) is 3. The number of rotatable bonds is 3. The van der Waals surface area contributed by atoms with Crippen molar-refractivity contribution in [2.75, 3.05) is 38.3 Å². The fourth-order valence-corrected chi connectivity index (χ4v) is 3.81. The lowest BCUT2D eigenvalue weighted by atomic mass is 10.1. The molecule has 1 saturated heterocycles. The Morgan fingerprint density at radius 3 is 2.72 bits per heavy atom. The van der Waals surface area contributed by atoms with E-state index in [0.717, 1.165) is 47.7 Å². The van der Waals surface area contributed by atoms with E-state index in [1.165, 1.54) is 5.56 Å². The standard InChI is InChI=1S/C22H22N4O3/c27-22(24-18-5-1-3-17-4-2-8-23-21(17)18)26-11-9-25(10-12-26)14-16-6-7-19-20(13-16)29-15-28-19/h1-8,13H,9-12,14-15H2,(H,24,27). The minimum absolute atomic E-state index is 0.0779. The van der Waals surface area contributed by atoms with Gasteiger partial charge < -0.3 is 19.7 Å². The summed E-state index contributed by atoms with van der Waals surface area (Å²) in [5.74, 6) is 1.61. The molecule has 148 valence electrons. The van der Waals surface area contributed by atoms with Crippen molar-refractivity contribution in [1.82, 2.24) is 14.8 Å². The summed E-state index contributed by atoms with van der Waals surface area (Å²) >= 11 is 0. The molecule has 0 saturated carbocycles. The maximum Gasteiger partial charge on any atom is 0.321 e. The number of hydrogen-bond acceptors (Lipinski definition) is 5. The molecule has 0 spiro atoms. The van der Waals surface area contributed by atoms with Crippen LogP contribution in [0.4, 0.5) is 10.5 Å². The normalized spacial score (nSPS) is 16.2. The van der Waals surface area contributed by atoms with E-state index in [4.69, 9.17) is 9.47 Å². The predicted octanol–water partition coefficient (Wildman–Crippen LogP) is 3.31. The molecular weight excluding hydrogens is 368 g/mol. The van der Waals surface area contributed by atoms with Crippen LogP contribution in [0.3, 0.4) is 0 Å². The Hall–Kier alpha value is -3.32. The first-order valence-electron chi connectivity index (χ1n) is 9.77. The summed E-state index contributed by atoms with van der Waals surface area (Å²) < 4.78 is 10.8. The van der Waals surface area contributed by atoms with Crippen LogP contribution >= 0.6 is 0 Å². The van der Waals surface area contributed by atoms with E-state index < -0.39 is 0 Å². The van der Waals surface area contributed by atoms with Crippen LogP contribution in [0.25, 0.3) is 10.9 Å². The largest absolute Gasteiger partial charge is 0.454 e. The second-order valence-corrected chi connectivity index (χ2v) is 7.26. The van der Waals surface area contributed by atoms with Crippen LogP contribution in [-0.2, 0) is 6.54 Å². The number of carbonyl (C=O) groups is 1. The summed E-state index contributed by atoms with van der Waals surface area (Å²) in [5.41, 5.74) is 2.75. The molecule has 2 amide bonds. The van der Waals surface area contributed by atoms with E-state index in [1.54, 1.807) is 6.20 Å². The monoisotopic (exact) mass is 390 g/mol. The molecule has 0 unspecified atom stereocenters. The van der Waals surface area contributed by atoms with Gasteiger partial charge in [-0.15, -0.1) is 0 Å². The Balaban J connectivity index is 1.19. The fourth-order valence-electron chi connectivity index (χ4n) is 3.81. The summed E-state index contributed by atoms with van der Waals surface area (Å²) in [4.78, 5) is 21.4. The average Bonchev–Trinajstić information content (AvgIpc) is 3.22. The summed E-state index contributed by atoms with van der Waals surface area (Å²) in [5, 5.41) is 4.04. The molecule has 1 N–H and O–H groups in total. The molecule has 0 bridgehead atoms. The van der Waals surface area contributed by atoms with Gasteiger partial charge in [0.2, 0.25) is 6.79 Å². The number of urea groups is 1. The number of amides is 2. The lowest BCUT2D eigenvalue weighted by molar-refractivity contribution is 0.143. The number of pyridine rings is 1. The predicted molar refractivity (Wildman–Crippen MR) is 110 cm³/mol. The highest BCUT2D eigenvalue weighted by Crippen LogP contribution is 2.32. The van der Waals surface area contributed by atoms with Crippen molar-refractivity contribution in [2.24, 2.45) is 0 Å². The summed E-state index contributed by atoms with van der Waals surface area (Å²) in [6.07, 6.45) is 1.74. The van der Waals surface area contributed by atoms with Gasteiger partial charge in [-0.2, -0.15) is 0 Å². The van der Waals surface area contributed by atoms with Gasteiger partial charge in [0, 0.05) is 44.3 Å². The summed E-state index contributed by atoms with van der Waals surface area (Å²) in [6, 6.07) is 15.7. The molecule has 2 aliphatic rings. The third-order valence-electron chi connectivity index (χ3n) is 5.38. The number of fused-ring (bicyclic) bond motifs is 2. The molecule has 0 aliphatic carbocycles. The molecular formula is C22H22N4O3. The first-order valence-corrected chi connectivity index (χ1v) is 9.77. The lowest BCUT2D eigenvalue weighted by Gasteiger charge is -2.34. The Bertz CT molecular complexity index is 1040. The summed E-state index contributed by atoms with van der Waals surface area (Å²) in [6.45, 7) is 4.16. The van der Waals surface area contributed by atoms with E-state index in [-0.39, 0.29) is 6.03 Å². The van der Waals surface area contributed by atoms with E-state index in [0.29, 0.717) is 19.9 Å². The van der Waals surface area contributed by atoms with Gasteiger partial charge in [0.05, 0.1) is 11.2 Å². The molecule has 3 aromatic rings. The molecule has 29 heavy (non-hydrogen) atoms. The third-order valence-corrected chi connectivity index (χ3v) is 5.38. The number of piperazine rings is 1. The van der Waals surface area contributed by atoms with Crippen molar-refractivity contribution in [3.63, 3.8) is 0 Å². The Morgan fingerprint density at radius 2 is 1.83 bits per heavy atom. The number of benzene rings is 2. The van der Waals surface area contributed by atoms with Gasteiger partial charge in [-0.25, -0.2) is 4.79 Å². The van der Waals surface area contributed by atoms with Crippen LogP contribution in [0.1, 0.15) is 5.56 Å². The Labute approximate surface area is 168 Å². The average molecular weight is 390 g/mol. The maximum absolute atomic E-state index is 12.7. The lowest BCUT2D eigenvalue weighted by Crippen LogP contribution is -2.49. The number of hydrogen-bond donors (Lipinski definition) is 1. The van der Waals surface area contributed by atoms with E-state index >= 15 is 0 Å². The fraction of sp³-hybridized carbons (Fsp3) is 0.273. The molecule has 1 fully saturated rings. The van der Waals surface area contributed by atoms with Gasteiger partial charge in [0.1, 0.15) is 0 Å². The first kappa shape index (κ1) is 17.8. The van der Waals surface area contributed by atoms with Crippen molar-refractivity contribution in [2.45, 2.75) is 6.54 Å². The van der Waals surface area contributed by atoms with Gasteiger partial charge in [-0.05, 0) is 29.8 Å². The van der Waals surface area contributed by atoms with Crippen LogP contribution in [0.15, 0.2) is 54.7 Å². The minimum Gasteiger partial charge on any atom is -0.454 e. The molecule has 1 aromatic heterocycles. The molecule has 5 rings (SSSR count). The second kappa shape index (κ2) is 7.60. The molecule has 0 atom stereocenters. The van der Waals surface area contributed by atoms with Gasteiger partial charge >= 0.3 is 6.03 Å². The van der Waals surface area contributed by atoms with Gasteiger partial charge in [0.25, 0.3) is 0 Å². The smallest absolute Gasteiger partial charge is 0.321 e. The van der Waals surface area contributed by atoms with Crippen LogP contribution in [0, 0.1) is 0 Å². The minimum atomic E-state index is -0.0779. The molecule has 7 nitrogen and oxygen atoms in total. The van der Waals surface area contributed by atoms with Crippen LogP contribution in [0.5, 0.6) is 11.5 Å². The molecule has 2 aliphatic heterocycles. The van der Waals surface area contributed by atoms with Gasteiger partial charge in [0.15, 0.2) is 11.5 Å². The topological polar surface area (TPSA) is 66.9 Å². The Morgan fingerprint density at radius 1 is 1.00 bits per heavy atom. The summed E-state index contributed by atoms with van der Waals surface area (Å²) in [7, 11) is 0. The van der Waals surface area contributed by atoms with Crippen molar-refractivity contribution in [1.29, 1.82) is 0 Å². The highest BCUT2D eigenvalue weighted by Gasteiger charge is 2.22. The zero-order valence-corrected chi connectivity index (χ0v) is 16.0. The Kier molecular flexibility index (Phi) is 4.65. The van der Waals surface area contributed by atoms with Crippen LogP contribution in [0.2, 0.25) is 0 Å². The number of aromatic nitrogens is 1. The third kappa shape index (κ3) is 3.69. The number of carbonyl (C=O) groups excluding carboxylic acids is 1. The molecule has 0 radical (unpaired) electrons. The van der Waals surface area contributed by atoms with Crippen molar-refractivity contribution in [3.05, 3.63) is 60.3 Å². The van der Waals surface area contributed by atoms with E-state index in [2.05, 4.69) is 21.3 Å². The number of nitrogens with one attached hydrogen (secondary N) is 1. The second-order valence-electron chi connectivity index (χ2n) is 7.26. The molecule has 2 aromatic carbocycles. The maximum atomic E-state index is 12.7. The van der Waals surface area contributed by atoms with E-state index in [9.17, 15) is 4.79 Å². The van der Waals surface area contributed by atoms with Crippen molar-refractivity contribution >= 4 is 22.6 Å². The number of anilines is 1. The SMILES string of the molecule is O=C(Nc1cccc2cccnc12)N1CCN(Cc2ccc3c(c2)OCO3)CC1. The quantitative estimate of drug-likeness (QED) is 0.743. The first-order chi connectivity index (χ1) is 14.3.